The zero-order valence-corrected chi connectivity index (χ0v) is 17.7. The lowest BCUT2D eigenvalue weighted by Gasteiger charge is -2.56. The zero-order valence-electron chi connectivity index (χ0n) is 17.7. The first kappa shape index (κ1) is 19.4. The van der Waals surface area contributed by atoms with E-state index < -0.39 is 0 Å². The van der Waals surface area contributed by atoms with Crippen LogP contribution in [-0.2, 0) is 14.4 Å². The van der Waals surface area contributed by atoms with E-state index >= 15 is 0 Å². The minimum atomic E-state index is -0.327. The summed E-state index contributed by atoms with van der Waals surface area (Å²) in [5.41, 5.74) is -0.175. The maximum atomic E-state index is 13.7. The third-order valence-corrected chi connectivity index (χ3v) is 8.36. The van der Waals surface area contributed by atoms with Crippen molar-refractivity contribution in [2.24, 2.45) is 23.2 Å². The van der Waals surface area contributed by atoms with E-state index in [1.807, 2.05) is 16.7 Å². The topological polar surface area (TPSA) is 69.7 Å². The van der Waals surface area contributed by atoms with Gasteiger partial charge in [0.15, 0.2) is 0 Å². The van der Waals surface area contributed by atoms with Gasteiger partial charge in [0.2, 0.25) is 17.7 Å². The molecule has 0 radical (unpaired) electrons. The second-order valence-electron chi connectivity index (χ2n) is 10.7. The number of carbonyl (C=O) groups is 3. The van der Waals surface area contributed by atoms with Gasteiger partial charge in [0.1, 0.15) is 6.04 Å². The molecule has 2 aliphatic heterocycles. The highest BCUT2D eigenvalue weighted by atomic mass is 16.2. The highest BCUT2D eigenvalue weighted by Crippen LogP contribution is 2.60. The lowest BCUT2D eigenvalue weighted by Crippen LogP contribution is -2.58. The molecular formula is C23H35N3O3. The first-order valence-corrected chi connectivity index (χ1v) is 11.8. The second kappa shape index (κ2) is 7.28. The number of nitrogens with one attached hydrogen (secondary N) is 1. The molecule has 4 saturated carbocycles. The Labute approximate surface area is 173 Å². The smallest absolute Gasteiger partial charge is 0.243 e. The van der Waals surface area contributed by atoms with Crippen molar-refractivity contribution in [3.05, 3.63) is 0 Å². The number of nitrogens with zero attached hydrogens (tertiary/aromatic N) is 2. The molecule has 0 aromatic heterocycles. The minimum absolute atomic E-state index is 0.0280. The normalized spacial score (nSPS) is 39.3. The van der Waals surface area contributed by atoms with E-state index in [0.717, 1.165) is 69.4 Å². The minimum Gasteiger partial charge on any atom is -0.350 e. The van der Waals surface area contributed by atoms with E-state index in [2.05, 4.69) is 5.32 Å². The van der Waals surface area contributed by atoms with Crippen molar-refractivity contribution in [3.63, 3.8) is 0 Å². The van der Waals surface area contributed by atoms with Crippen LogP contribution in [0.1, 0.15) is 71.1 Å². The lowest BCUT2D eigenvalue weighted by atomic mass is 9.49. The third kappa shape index (κ3) is 3.46. The van der Waals surface area contributed by atoms with Crippen LogP contribution in [0.25, 0.3) is 0 Å². The number of rotatable bonds is 5. The van der Waals surface area contributed by atoms with Crippen molar-refractivity contribution >= 4 is 17.7 Å². The van der Waals surface area contributed by atoms with Gasteiger partial charge in [0.25, 0.3) is 0 Å². The summed E-state index contributed by atoms with van der Waals surface area (Å²) in [5, 5.41) is 3.10. The molecule has 0 aromatic carbocycles. The molecule has 6 fully saturated rings. The number of likely N-dealkylation sites (tertiary alicyclic amines) is 2. The Bertz CT molecular complexity index is 670. The fraction of sp³-hybridized carbons (Fsp3) is 0.870. The molecule has 29 heavy (non-hydrogen) atoms. The Morgan fingerprint density at radius 3 is 2.31 bits per heavy atom. The summed E-state index contributed by atoms with van der Waals surface area (Å²) >= 11 is 0. The molecule has 2 unspecified atom stereocenters. The quantitative estimate of drug-likeness (QED) is 0.769. The van der Waals surface area contributed by atoms with Gasteiger partial charge >= 0.3 is 0 Å². The van der Waals surface area contributed by atoms with Crippen molar-refractivity contribution in [2.75, 3.05) is 19.6 Å². The molecule has 6 heteroatoms. The van der Waals surface area contributed by atoms with Crippen LogP contribution in [0.15, 0.2) is 0 Å². The number of hydrogen-bond donors (Lipinski definition) is 1. The summed E-state index contributed by atoms with van der Waals surface area (Å²) in [6, 6.07) is -0.408. The Hall–Kier alpha value is -1.59. The average molecular weight is 402 g/mol. The first-order chi connectivity index (χ1) is 13.9. The molecule has 6 nitrogen and oxygen atoms in total. The molecule has 160 valence electrons. The van der Waals surface area contributed by atoms with Gasteiger partial charge < -0.3 is 15.1 Å². The highest BCUT2D eigenvalue weighted by molar-refractivity contribution is 5.91. The molecule has 4 aliphatic carbocycles. The summed E-state index contributed by atoms with van der Waals surface area (Å²) in [6.07, 6.45) is 10.3. The fourth-order valence-electron chi connectivity index (χ4n) is 7.57. The van der Waals surface area contributed by atoms with Gasteiger partial charge in [0.05, 0.1) is 5.41 Å². The predicted molar refractivity (Wildman–Crippen MR) is 109 cm³/mol. The van der Waals surface area contributed by atoms with Gasteiger partial charge in [-0.1, -0.05) is 0 Å². The van der Waals surface area contributed by atoms with Crippen LogP contribution >= 0.6 is 0 Å². The molecular weight excluding hydrogens is 366 g/mol. The van der Waals surface area contributed by atoms with Crippen molar-refractivity contribution in [1.82, 2.24) is 15.1 Å². The fourth-order valence-corrected chi connectivity index (χ4v) is 7.57. The Morgan fingerprint density at radius 2 is 1.72 bits per heavy atom. The maximum absolute atomic E-state index is 13.7. The van der Waals surface area contributed by atoms with Crippen LogP contribution in [0.5, 0.6) is 0 Å². The number of amides is 3. The third-order valence-electron chi connectivity index (χ3n) is 8.36. The Balaban J connectivity index is 1.23. The van der Waals surface area contributed by atoms with E-state index in [1.165, 1.54) is 19.3 Å². The molecule has 2 saturated heterocycles. The largest absolute Gasteiger partial charge is 0.350 e. The van der Waals surface area contributed by atoms with Gasteiger partial charge in [-0.15, -0.1) is 0 Å². The Kier molecular flexibility index (Phi) is 4.86. The van der Waals surface area contributed by atoms with Gasteiger partial charge in [-0.25, -0.2) is 0 Å². The van der Waals surface area contributed by atoms with E-state index in [4.69, 9.17) is 0 Å². The van der Waals surface area contributed by atoms with Crippen LogP contribution in [0.4, 0.5) is 0 Å². The summed E-state index contributed by atoms with van der Waals surface area (Å²) in [7, 11) is 0. The SMILES string of the molecule is CC(CN1CCCC1=O)NC(=O)C1CCCN1C(=O)C12CC3CC(CC(C3)C1)C2. The van der Waals surface area contributed by atoms with E-state index in [1.54, 1.807) is 0 Å². The average Bonchev–Trinajstić information content (AvgIpc) is 3.29. The molecule has 1 N–H and O–H groups in total. The maximum Gasteiger partial charge on any atom is 0.243 e. The highest BCUT2D eigenvalue weighted by Gasteiger charge is 2.56. The van der Waals surface area contributed by atoms with Crippen LogP contribution < -0.4 is 5.32 Å². The Morgan fingerprint density at radius 1 is 1.07 bits per heavy atom. The van der Waals surface area contributed by atoms with Crippen LogP contribution in [-0.4, -0.2) is 59.2 Å². The van der Waals surface area contributed by atoms with Gasteiger partial charge in [-0.2, -0.15) is 0 Å². The molecule has 6 aliphatic rings. The predicted octanol–water partition coefficient (Wildman–Crippen LogP) is 2.32. The van der Waals surface area contributed by atoms with Crippen molar-refractivity contribution in [2.45, 2.75) is 83.2 Å². The molecule has 2 heterocycles. The zero-order chi connectivity index (χ0) is 20.2. The van der Waals surface area contributed by atoms with E-state index in [0.29, 0.717) is 13.0 Å². The molecule has 4 bridgehead atoms. The van der Waals surface area contributed by atoms with Crippen LogP contribution in [0.3, 0.4) is 0 Å². The van der Waals surface area contributed by atoms with E-state index in [-0.39, 0.29) is 35.2 Å². The summed E-state index contributed by atoms with van der Waals surface area (Å²) in [4.78, 5) is 42.4. The molecule has 3 amide bonds. The van der Waals surface area contributed by atoms with Crippen molar-refractivity contribution in [1.29, 1.82) is 0 Å². The van der Waals surface area contributed by atoms with Gasteiger partial charge in [-0.05, 0) is 82.5 Å². The summed E-state index contributed by atoms with van der Waals surface area (Å²) in [5.74, 6) is 2.64. The van der Waals surface area contributed by atoms with E-state index in [9.17, 15) is 14.4 Å². The molecule has 0 spiro atoms. The lowest BCUT2D eigenvalue weighted by molar-refractivity contribution is -0.160. The van der Waals surface area contributed by atoms with Gasteiger partial charge in [0, 0.05) is 32.1 Å². The number of carbonyl (C=O) groups excluding carboxylic acids is 3. The standard InChI is InChI=1S/C23H35N3O3/c1-15(14-25-6-3-5-20(25)27)24-21(28)19-4-2-7-26(19)22(29)23-11-16-8-17(12-23)10-18(9-16)13-23/h15-19H,2-14H2,1H3,(H,24,28). The van der Waals surface area contributed by atoms with Gasteiger partial charge in [-0.3, -0.25) is 14.4 Å². The molecule has 2 atom stereocenters. The monoisotopic (exact) mass is 401 g/mol. The van der Waals surface area contributed by atoms with Crippen molar-refractivity contribution in [3.8, 4) is 0 Å². The van der Waals surface area contributed by atoms with Crippen LogP contribution in [0.2, 0.25) is 0 Å². The molecule has 0 aromatic rings. The first-order valence-electron chi connectivity index (χ1n) is 11.8. The van der Waals surface area contributed by atoms with Crippen molar-refractivity contribution < 1.29 is 14.4 Å². The summed E-state index contributed by atoms with van der Waals surface area (Å²) in [6.45, 7) is 4.04. The van der Waals surface area contributed by atoms with Crippen LogP contribution in [0, 0.1) is 23.2 Å². The number of hydrogen-bond acceptors (Lipinski definition) is 3. The molecule has 6 rings (SSSR count). The summed E-state index contributed by atoms with van der Waals surface area (Å²) < 4.78 is 0. The second-order valence-corrected chi connectivity index (χ2v) is 10.7.